The van der Waals surface area contributed by atoms with Crippen LogP contribution in [0.4, 0.5) is 4.39 Å². The third kappa shape index (κ3) is 4.79. The number of ether oxygens (including phenoxy) is 2. The lowest BCUT2D eigenvalue weighted by atomic mass is 10.00. The van der Waals surface area contributed by atoms with E-state index in [0.717, 1.165) is 5.56 Å². The number of rotatable bonds is 5. The summed E-state index contributed by atoms with van der Waals surface area (Å²) >= 11 is 0. The molecule has 0 bridgehead atoms. The van der Waals surface area contributed by atoms with Gasteiger partial charge in [0.1, 0.15) is 5.75 Å². The fraction of sp³-hybridized carbons (Fsp3) is 0.240. The van der Waals surface area contributed by atoms with Crippen molar-refractivity contribution in [1.82, 2.24) is 14.8 Å². The van der Waals surface area contributed by atoms with Crippen molar-refractivity contribution in [3.8, 4) is 17.4 Å². The van der Waals surface area contributed by atoms with E-state index in [-0.39, 0.29) is 23.4 Å². The van der Waals surface area contributed by atoms with Gasteiger partial charge in [0, 0.05) is 49.9 Å². The second kappa shape index (κ2) is 9.68. The molecule has 2 amide bonds. The standard InChI is InChI=1S/C25H24FN3O4/c1-17(30)28-13-14-29(21(16-28)19-7-3-5-9-22(19)32-2)25(31)18-11-12-27-24(15-18)33-23-10-6-4-8-20(23)26/h3-12,15,21H,13-14,16H2,1-2H3/t21-/m0/s1. The average molecular weight is 449 g/mol. The van der Waals surface area contributed by atoms with Crippen molar-refractivity contribution in [2.45, 2.75) is 13.0 Å². The van der Waals surface area contributed by atoms with Crippen molar-refractivity contribution in [3.05, 3.63) is 83.8 Å². The highest BCUT2D eigenvalue weighted by Crippen LogP contribution is 2.33. The van der Waals surface area contributed by atoms with Crippen molar-refractivity contribution in [2.75, 3.05) is 26.7 Å². The van der Waals surface area contributed by atoms with Crippen LogP contribution >= 0.6 is 0 Å². The number of hydrogen-bond donors (Lipinski definition) is 0. The predicted molar refractivity (Wildman–Crippen MR) is 120 cm³/mol. The summed E-state index contributed by atoms with van der Waals surface area (Å²) in [6.07, 6.45) is 1.45. The first-order valence-electron chi connectivity index (χ1n) is 10.6. The molecule has 0 saturated carbocycles. The van der Waals surface area contributed by atoms with Crippen molar-refractivity contribution in [1.29, 1.82) is 0 Å². The van der Waals surface area contributed by atoms with Gasteiger partial charge in [-0.1, -0.05) is 30.3 Å². The van der Waals surface area contributed by atoms with Crippen molar-refractivity contribution in [2.24, 2.45) is 0 Å². The zero-order valence-corrected chi connectivity index (χ0v) is 18.4. The molecule has 1 aliphatic heterocycles. The van der Waals surface area contributed by atoms with E-state index >= 15 is 0 Å². The van der Waals surface area contributed by atoms with Crippen LogP contribution in [0.2, 0.25) is 0 Å². The molecule has 1 aliphatic rings. The molecule has 1 atom stereocenters. The molecule has 0 aliphatic carbocycles. The van der Waals surface area contributed by atoms with Gasteiger partial charge in [0.15, 0.2) is 11.6 Å². The van der Waals surface area contributed by atoms with Gasteiger partial charge in [-0.25, -0.2) is 9.37 Å². The number of carbonyl (C=O) groups excluding carboxylic acids is 2. The van der Waals surface area contributed by atoms with Crippen LogP contribution in [0.5, 0.6) is 17.4 Å². The molecule has 3 aromatic rings. The first kappa shape index (κ1) is 22.3. The number of methoxy groups -OCH3 is 1. The number of piperazine rings is 1. The maximum Gasteiger partial charge on any atom is 0.254 e. The maximum atomic E-state index is 14.0. The van der Waals surface area contributed by atoms with E-state index in [1.165, 1.54) is 31.3 Å². The Balaban J connectivity index is 1.64. The van der Waals surface area contributed by atoms with Crippen LogP contribution in [0.15, 0.2) is 66.9 Å². The molecule has 1 saturated heterocycles. The van der Waals surface area contributed by atoms with Crippen LogP contribution in [0, 0.1) is 5.82 Å². The predicted octanol–water partition coefficient (Wildman–Crippen LogP) is 4.07. The van der Waals surface area contributed by atoms with Gasteiger partial charge in [-0.15, -0.1) is 0 Å². The first-order chi connectivity index (χ1) is 16.0. The second-order valence-electron chi connectivity index (χ2n) is 7.64. The summed E-state index contributed by atoms with van der Waals surface area (Å²) in [7, 11) is 1.58. The van der Waals surface area contributed by atoms with Crippen LogP contribution in [0.3, 0.4) is 0 Å². The Hall–Kier alpha value is -3.94. The van der Waals surface area contributed by atoms with E-state index in [4.69, 9.17) is 9.47 Å². The Labute approximate surface area is 191 Å². The van der Waals surface area contributed by atoms with E-state index in [9.17, 15) is 14.0 Å². The van der Waals surface area contributed by atoms with Crippen LogP contribution in [0.1, 0.15) is 28.9 Å². The molecule has 170 valence electrons. The molecular weight excluding hydrogens is 425 g/mol. The summed E-state index contributed by atoms with van der Waals surface area (Å²) < 4.78 is 25.0. The van der Waals surface area contributed by atoms with Gasteiger partial charge < -0.3 is 19.3 Å². The van der Waals surface area contributed by atoms with Crippen molar-refractivity contribution >= 4 is 11.8 Å². The average Bonchev–Trinajstić information content (AvgIpc) is 2.84. The van der Waals surface area contributed by atoms with Gasteiger partial charge in [0.25, 0.3) is 5.91 Å². The molecular formula is C25H24FN3O4. The number of pyridine rings is 1. The Kier molecular flexibility index (Phi) is 6.53. The van der Waals surface area contributed by atoms with E-state index in [1.807, 2.05) is 24.3 Å². The van der Waals surface area contributed by atoms with Gasteiger partial charge in [-0.3, -0.25) is 9.59 Å². The number of halogens is 1. The van der Waals surface area contributed by atoms with Crippen LogP contribution in [-0.4, -0.2) is 53.3 Å². The monoisotopic (exact) mass is 449 g/mol. The quantitative estimate of drug-likeness (QED) is 0.587. The topological polar surface area (TPSA) is 72.0 Å². The first-order valence-corrected chi connectivity index (χ1v) is 10.6. The normalized spacial score (nSPS) is 15.8. The second-order valence-corrected chi connectivity index (χ2v) is 7.64. The van der Waals surface area contributed by atoms with Crippen molar-refractivity contribution in [3.63, 3.8) is 0 Å². The summed E-state index contributed by atoms with van der Waals surface area (Å²) in [6.45, 7) is 2.65. The van der Waals surface area contributed by atoms with Gasteiger partial charge in [0.2, 0.25) is 11.8 Å². The number of amides is 2. The highest BCUT2D eigenvalue weighted by molar-refractivity contribution is 5.95. The molecule has 0 radical (unpaired) electrons. The smallest absolute Gasteiger partial charge is 0.254 e. The lowest BCUT2D eigenvalue weighted by Gasteiger charge is -2.41. The fourth-order valence-electron chi connectivity index (χ4n) is 3.92. The number of benzene rings is 2. The molecule has 2 heterocycles. The zero-order valence-electron chi connectivity index (χ0n) is 18.4. The summed E-state index contributed by atoms with van der Waals surface area (Å²) in [5.74, 6) is -0.0308. The highest BCUT2D eigenvalue weighted by atomic mass is 19.1. The molecule has 0 unspecified atom stereocenters. The number of nitrogens with zero attached hydrogens (tertiary/aromatic N) is 3. The Morgan fingerprint density at radius 2 is 1.76 bits per heavy atom. The molecule has 33 heavy (non-hydrogen) atoms. The summed E-state index contributed by atoms with van der Waals surface area (Å²) in [5, 5.41) is 0. The molecule has 4 rings (SSSR count). The summed E-state index contributed by atoms with van der Waals surface area (Å²) in [6, 6.07) is 16.1. The number of aromatic nitrogens is 1. The van der Waals surface area contributed by atoms with Crippen LogP contribution < -0.4 is 9.47 Å². The van der Waals surface area contributed by atoms with E-state index in [0.29, 0.717) is 30.9 Å². The van der Waals surface area contributed by atoms with Gasteiger partial charge in [-0.2, -0.15) is 0 Å². The number of hydrogen-bond acceptors (Lipinski definition) is 5. The highest BCUT2D eigenvalue weighted by Gasteiger charge is 2.34. The Bertz CT molecular complexity index is 1170. The van der Waals surface area contributed by atoms with Gasteiger partial charge in [-0.05, 0) is 24.3 Å². The molecule has 1 fully saturated rings. The lowest BCUT2D eigenvalue weighted by molar-refractivity contribution is -0.131. The molecule has 8 heteroatoms. The fourth-order valence-corrected chi connectivity index (χ4v) is 3.92. The summed E-state index contributed by atoms with van der Waals surface area (Å²) in [4.78, 5) is 33.2. The van der Waals surface area contributed by atoms with Crippen molar-refractivity contribution < 1.29 is 23.5 Å². The Morgan fingerprint density at radius 1 is 1.03 bits per heavy atom. The molecule has 0 spiro atoms. The lowest BCUT2D eigenvalue weighted by Crippen LogP contribution is -2.52. The molecule has 1 aromatic heterocycles. The Morgan fingerprint density at radius 3 is 2.48 bits per heavy atom. The van der Waals surface area contributed by atoms with Gasteiger partial charge >= 0.3 is 0 Å². The minimum atomic E-state index is -0.521. The minimum Gasteiger partial charge on any atom is -0.496 e. The third-order valence-corrected chi connectivity index (χ3v) is 5.62. The maximum absolute atomic E-state index is 14.0. The van der Waals surface area contributed by atoms with Crippen LogP contribution in [-0.2, 0) is 4.79 Å². The molecule has 2 aromatic carbocycles. The number of para-hydroxylation sites is 2. The van der Waals surface area contributed by atoms with E-state index in [2.05, 4.69) is 4.98 Å². The zero-order chi connectivity index (χ0) is 23.4. The summed E-state index contributed by atoms with van der Waals surface area (Å²) in [5.41, 5.74) is 1.17. The van der Waals surface area contributed by atoms with E-state index < -0.39 is 11.9 Å². The van der Waals surface area contributed by atoms with Crippen LogP contribution in [0.25, 0.3) is 0 Å². The SMILES string of the molecule is COc1ccccc1[C@@H]1CN(C(C)=O)CCN1C(=O)c1ccnc(Oc2ccccc2F)c1. The van der Waals surface area contributed by atoms with E-state index in [1.54, 1.807) is 35.1 Å². The molecule has 0 N–H and O–H groups in total. The minimum absolute atomic E-state index is 0.0246. The largest absolute Gasteiger partial charge is 0.496 e. The van der Waals surface area contributed by atoms with Gasteiger partial charge in [0.05, 0.1) is 13.2 Å². The number of carbonyl (C=O) groups is 2. The third-order valence-electron chi connectivity index (χ3n) is 5.62. The molecule has 7 nitrogen and oxygen atoms in total.